The molecule has 0 aliphatic heterocycles. The maximum Gasteiger partial charge on any atom is 0.341 e. The van der Waals surface area contributed by atoms with Gasteiger partial charge in [0.25, 0.3) is 0 Å². The number of rotatable bonds is 11. The van der Waals surface area contributed by atoms with Gasteiger partial charge in [-0.15, -0.1) is 21.5 Å². The Morgan fingerprint density at radius 2 is 1.91 bits per heavy atom. The molecule has 2 heterocycles. The number of esters is 1. The summed E-state index contributed by atoms with van der Waals surface area (Å²) in [5, 5.41) is 12.6. The fraction of sp³-hybridized carbons (Fsp3) is 0.417. The first-order valence-corrected chi connectivity index (χ1v) is 13.0. The number of aromatic nitrogens is 3. The van der Waals surface area contributed by atoms with E-state index in [0.29, 0.717) is 28.1 Å². The van der Waals surface area contributed by atoms with Crippen molar-refractivity contribution in [3.8, 4) is 5.75 Å². The summed E-state index contributed by atoms with van der Waals surface area (Å²) in [6.07, 6.45) is 0.469. The summed E-state index contributed by atoms with van der Waals surface area (Å²) in [7, 11) is 0. The number of amides is 1. The quantitative estimate of drug-likeness (QED) is 0.282. The number of aryl methyl sites for hydroxylation is 2. The predicted molar refractivity (Wildman–Crippen MR) is 135 cm³/mol. The Labute approximate surface area is 208 Å². The summed E-state index contributed by atoms with van der Waals surface area (Å²) in [4.78, 5) is 25.9. The minimum absolute atomic E-state index is 0.132. The summed E-state index contributed by atoms with van der Waals surface area (Å²) < 4.78 is 13.1. The number of ether oxygens (including phenoxy) is 2. The minimum Gasteiger partial charge on any atom is -0.483 e. The number of nitrogens with one attached hydrogen (secondary N) is 1. The van der Waals surface area contributed by atoms with Crippen molar-refractivity contribution in [3.63, 3.8) is 0 Å². The van der Waals surface area contributed by atoms with Crippen LogP contribution in [0.4, 0.5) is 5.00 Å². The summed E-state index contributed by atoms with van der Waals surface area (Å²) in [6.45, 7) is 10.6. The first-order chi connectivity index (χ1) is 16.4. The van der Waals surface area contributed by atoms with Crippen LogP contribution in [-0.2, 0) is 22.5 Å². The molecule has 0 aliphatic rings. The average molecular weight is 503 g/mol. The maximum atomic E-state index is 12.7. The van der Waals surface area contributed by atoms with Gasteiger partial charge in [-0.2, -0.15) is 0 Å². The van der Waals surface area contributed by atoms with E-state index in [1.54, 1.807) is 13.0 Å². The van der Waals surface area contributed by atoms with E-state index in [4.69, 9.17) is 9.47 Å². The Bertz CT molecular complexity index is 1120. The zero-order chi connectivity index (χ0) is 24.7. The van der Waals surface area contributed by atoms with Crippen molar-refractivity contribution in [3.05, 3.63) is 52.2 Å². The molecule has 2 aromatic heterocycles. The van der Waals surface area contributed by atoms with E-state index in [1.165, 1.54) is 23.1 Å². The third kappa shape index (κ3) is 6.38. The van der Waals surface area contributed by atoms with Crippen LogP contribution in [0.5, 0.6) is 5.75 Å². The molecule has 1 unspecified atom stereocenters. The molecule has 0 bridgehead atoms. The van der Waals surface area contributed by atoms with Crippen molar-refractivity contribution in [2.24, 2.45) is 0 Å². The lowest BCUT2D eigenvalue weighted by Crippen LogP contribution is -2.16. The lowest BCUT2D eigenvalue weighted by molar-refractivity contribution is -0.113. The van der Waals surface area contributed by atoms with Crippen molar-refractivity contribution in [2.75, 3.05) is 17.7 Å². The van der Waals surface area contributed by atoms with Crippen LogP contribution in [0.25, 0.3) is 0 Å². The molecule has 0 aliphatic carbocycles. The van der Waals surface area contributed by atoms with Gasteiger partial charge in [0.15, 0.2) is 17.1 Å². The normalized spacial score (nSPS) is 11.8. The number of carbonyl (C=O) groups is 2. The molecule has 3 rings (SSSR count). The number of hydrogen-bond acceptors (Lipinski definition) is 8. The summed E-state index contributed by atoms with van der Waals surface area (Å²) in [6, 6.07) is 9.63. The fourth-order valence-electron chi connectivity index (χ4n) is 3.24. The van der Waals surface area contributed by atoms with Crippen molar-refractivity contribution in [2.45, 2.75) is 58.8 Å². The third-order valence-electron chi connectivity index (χ3n) is 4.97. The molecule has 1 atom stereocenters. The van der Waals surface area contributed by atoms with Crippen LogP contribution in [0.3, 0.4) is 0 Å². The van der Waals surface area contributed by atoms with Gasteiger partial charge in [-0.05, 0) is 52.3 Å². The van der Waals surface area contributed by atoms with Crippen LogP contribution >= 0.6 is 23.1 Å². The topological polar surface area (TPSA) is 95.3 Å². The van der Waals surface area contributed by atoms with Crippen molar-refractivity contribution >= 4 is 40.0 Å². The SMILES string of the molecule is CCOC(=O)c1cc(CC)sc1NC(=O)CSc1nnc(C(C)Oc2ccc(C)cc2)n1CC. The second-order valence-corrected chi connectivity index (χ2v) is 9.60. The number of nitrogens with zero attached hydrogens (tertiary/aromatic N) is 3. The van der Waals surface area contributed by atoms with Crippen LogP contribution in [0.15, 0.2) is 35.5 Å². The molecule has 1 N–H and O–H groups in total. The Morgan fingerprint density at radius 1 is 1.18 bits per heavy atom. The second kappa shape index (κ2) is 12.0. The van der Waals surface area contributed by atoms with Gasteiger partial charge in [0, 0.05) is 11.4 Å². The number of anilines is 1. The zero-order valence-corrected chi connectivity index (χ0v) is 21.7. The largest absolute Gasteiger partial charge is 0.483 e. The van der Waals surface area contributed by atoms with Crippen molar-refractivity contribution in [1.82, 2.24) is 14.8 Å². The lowest BCUT2D eigenvalue weighted by Gasteiger charge is -2.15. The van der Waals surface area contributed by atoms with E-state index in [1.807, 2.05) is 56.5 Å². The Balaban J connectivity index is 1.65. The highest BCUT2D eigenvalue weighted by Crippen LogP contribution is 2.30. The van der Waals surface area contributed by atoms with Gasteiger partial charge in [-0.3, -0.25) is 4.79 Å². The van der Waals surface area contributed by atoms with Gasteiger partial charge >= 0.3 is 5.97 Å². The Hall–Kier alpha value is -2.85. The molecule has 10 heteroatoms. The second-order valence-electron chi connectivity index (χ2n) is 7.52. The van der Waals surface area contributed by atoms with E-state index >= 15 is 0 Å². The molecule has 1 amide bonds. The first-order valence-electron chi connectivity index (χ1n) is 11.2. The summed E-state index contributed by atoms with van der Waals surface area (Å²) in [5.41, 5.74) is 1.56. The van der Waals surface area contributed by atoms with Crippen LogP contribution in [0, 0.1) is 6.92 Å². The van der Waals surface area contributed by atoms with E-state index < -0.39 is 5.97 Å². The lowest BCUT2D eigenvalue weighted by atomic mass is 10.2. The van der Waals surface area contributed by atoms with Gasteiger partial charge in [-0.25, -0.2) is 4.79 Å². The number of carbonyl (C=O) groups excluding carboxylic acids is 2. The van der Waals surface area contributed by atoms with Gasteiger partial charge in [0.2, 0.25) is 5.91 Å². The number of hydrogen-bond donors (Lipinski definition) is 1. The zero-order valence-electron chi connectivity index (χ0n) is 20.1. The van der Waals surface area contributed by atoms with Gasteiger partial charge in [0.05, 0.1) is 17.9 Å². The molecular weight excluding hydrogens is 472 g/mol. The first kappa shape index (κ1) is 25.8. The Morgan fingerprint density at radius 3 is 2.56 bits per heavy atom. The highest BCUT2D eigenvalue weighted by molar-refractivity contribution is 7.99. The number of benzene rings is 1. The summed E-state index contributed by atoms with van der Waals surface area (Å²) >= 11 is 2.68. The molecule has 3 aromatic rings. The molecule has 0 saturated carbocycles. The van der Waals surface area contributed by atoms with E-state index in [-0.39, 0.29) is 24.4 Å². The molecule has 182 valence electrons. The molecule has 0 fully saturated rings. The molecule has 0 radical (unpaired) electrons. The van der Waals surface area contributed by atoms with Crippen molar-refractivity contribution in [1.29, 1.82) is 0 Å². The van der Waals surface area contributed by atoms with Gasteiger partial charge < -0.3 is 19.4 Å². The Kier molecular flexibility index (Phi) is 9.12. The fourth-order valence-corrected chi connectivity index (χ4v) is 5.05. The number of thioether (sulfide) groups is 1. The van der Waals surface area contributed by atoms with E-state index in [9.17, 15) is 9.59 Å². The van der Waals surface area contributed by atoms with E-state index in [2.05, 4.69) is 15.5 Å². The highest BCUT2D eigenvalue weighted by atomic mass is 32.2. The molecule has 1 aromatic carbocycles. The monoisotopic (exact) mass is 502 g/mol. The summed E-state index contributed by atoms with van der Waals surface area (Å²) in [5.74, 6) is 0.932. The highest BCUT2D eigenvalue weighted by Gasteiger charge is 2.21. The maximum absolute atomic E-state index is 12.7. The van der Waals surface area contributed by atoms with Crippen LogP contribution in [-0.4, -0.2) is 39.0 Å². The average Bonchev–Trinajstić information content (AvgIpc) is 3.43. The number of thiophene rings is 1. The molecular formula is C24H30N4O4S2. The smallest absolute Gasteiger partial charge is 0.341 e. The predicted octanol–water partition coefficient (Wildman–Crippen LogP) is 5.28. The minimum atomic E-state index is -0.431. The van der Waals surface area contributed by atoms with Gasteiger partial charge in [0.1, 0.15) is 10.8 Å². The standard InChI is InChI=1S/C24H30N4O4S2/c1-6-18-13-19(23(30)31-8-3)22(34-18)25-20(29)14-33-24-27-26-21(28(24)7-2)16(5)32-17-11-9-15(4)10-12-17/h9-13,16H,6-8,14H2,1-5H3,(H,25,29). The molecule has 0 spiro atoms. The third-order valence-corrected chi connectivity index (χ3v) is 7.13. The van der Waals surface area contributed by atoms with E-state index in [0.717, 1.165) is 22.6 Å². The van der Waals surface area contributed by atoms with Gasteiger partial charge in [-0.1, -0.05) is 36.4 Å². The van der Waals surface area contributed by atoms with Crippen LogP contribution in [0.1, 0.15) is 60.4 Å². The molecule has 0 saturated heterocycles. The van der Waals surface area contributed by atoms with Crippen LogP contribution in [0.2, 0.25) is 0 Å². The van der Waals surface area contributed by atoms with Crippen molar-refractivity contribution < 1.29 is 19.1 Å². The molecule has 34 heavy (non-hydrogen) atoms. The molecule has 8 nitrogen and oxygen atoms in total. The van der Waals surface area contributed by atoms with Crippen LogP contribution < -0.4 is 10.1 Å².